The van der Waals surface area contributed by atoms with Gasteiger partial charge in [-0.2, -0.15) is 5.26 Å². The second-order valence-corrected chi connectivity index (χ2v) is 4.72. The van der Waals surface area contributed by atoms with Crippen molar-refractivity contribution < 1.29 is 9.84 Å². The Balaban J connectivity index is 2.00. The lowest BCUT2D eigenvalue weighted by Gasteiger charge is -1.99. The summed E-state index contributed by atoms with van der Waals surface area (Å²) in [5, 5.41) is 19.6. The van der Waals surface area contributed by atoms with Crippen LogP contribution >= 0.6 is 0 Å². The fraction of sp³-hybridized carbons (Fsp3) is 0.0588. The van der Waals surface area contributed by atoms with Crippen LogP contribution in [0.25, 0.3) is 10.9 Å². The van der Waals surface area contributed by atoms with Crippen LogP contribution in [0.5, 0.6) is 11.6 Å². The Morgan fingerprint density at radius 1 is 1.23 bits per heavy atom. The van der Waals surface area contributed by atoms with Crippen LogP contribution < -0.4 is 4.74 Å². The number of benzene rings is 2. The molecule has 3 rings (SSSR count). The van der Waals surface area contributed by atoms with E-state index >= 15 is 0 Å². The number of ether oxygens (including phenoxy) is 1. The first-order chi connectivity index (χ1) is 10.7. The number of rotatable bonds is 3. The standard InChI is InChI=1S/C17H13N3O2/c1-22-13-6-7-16-14(8-13)15(17(21)20-16)10-19-12-4-2-11(9-18)3-5-12/h2-8,10,20-21H,1H3. The average molecular weight is 291 g/mol. The smallest absolute Gasteiger partial charge is 0.198 e. The highest BCUT2D eigenvalue weighted by Gasteiger charge is 2.09. The largest absolute Gasteiger partial charge is 0.497 e. The van der Waals surface area contributed by atoms with Crippen molar-refractivity contribution in [2.75, 3.05) is 7.11 Å². The number of hydrogen-bond donors (Lipinski definition) is 2. The molecule has 0 saturated carbocycles. The highest BCUT2D eigenvalue weighted by Crippen LogP contribution is 2.29. The first kappa shape index (κ1) is 13.7. The topological polar surface area (TPSA) is 81.4 Å². The van der Waals surface area contributed by atoms with E-state index in [0.717, 1.165) is 10.9 Å². The van der Waals surface area contributed by atoms with Gasteiger partial charge in [-0.3, -0.25) is 4.99 Å². The summed E-state index contributed by atoms with van der Waals surface area (Å²) in [6.45, 7) is 0. The van der Waals surface area contributed by atoms with Crippen LogP contribution in [0, 0.1) is 11.3 Å². The lowest BCUT2D eigenvalue weighted by atomic mass is 10.1. The third kappa shape index (κ3) is 2.50. The van der Waals surface area contributed by atoms with Crippen molar-refractivity contribution in [3.63, 3.8) is 0 Å². The molecule has 0 unspecified atom stereocenters. The van der Waals surface area contributed by atoms with Gasteiger partial charge in [-0.15, -0.1) is 0 Å². The second-order valence-electron chi connectivity index (χ2n) is 4.72. The van der Waals surface area contributed by atoms with E-state index in [2.05, 4.69) is 16.0 Å². The normalized spacial score (nSPS) is 10.9. The number of nitrogens with one attached hydrogen (secondary N) is 1. The molecule has 108 valence electrons. The van der Waals surface area contributed by atoms with Crippen molar-refractivity contribution in [1.82, 2.24) is 4.98 Å². The maximum Gasteiger partial charge on any atom is 0.198 e. The van der Waals surface area contributed by atoms with Gasteiger partial charge in [0.2, 0.25) is 0 Å². The van der Waals surface area contributed by atoms with E-state index in [1.165, 1.54) is 0 Å². The van der Waals surface area contributed by atoms with E-state index in [0.29, 0.717) is 22.6 Å². The average Bonchev–Trinajstić information content (AvgIpc) is 2.87. The Hall–Kier alpha value is -3.26. The summed E-state index contributed by atoms with van der Waals surface area (Å²) in [4.78, 5) is 7.23. The number of methoxy groups -OCH3 is 1. The number of hydrogen-bond acceptors (Lipinski definition) is 4. The molecule has 0 radical (unpaired) electrons. The maximum absolute atomic E-state index is 10.0. The van der Waals surface area contributed by atoms with Crippen molar-refractivity contribution in [2.24, 2.45) is 4.99 Å². The molecule has 2 N–H and O–H groups in total. The SMILES string of the molecule is COc1ccc2[nH]c(O)c(C=Nc3ccc(C#N)cc3)c2c1. The molecule has 5 nitrogen and oxygen atoms in total. The molecule has 0 atom stereocenters. The minimum absolute atomic E-state index is 0.0562. The third-order valence-electron chi connectivity index (χ3n) is 3.36. The molecule has 2 aromatic carbocycles. The monoisotopic (exact) mass is 291 g/mol. The number of fused-ring (bicyclic) bond motifs is 1. The Morgan fingerprint density at radius 3 is 2.68 bits per heavy atom. The number of H-pyrrole nitrogens is 1. The van der Waals surface area contributed by atoms with Crippen molar-refractivity contribution >= 4 is 22.8 Å². The van der Waals surface area contributed by atoms with E-state index in [9.17, 15) is 5.11 Å². The zero-order valence-electron chi connectivity index (χ0n) is 11.9. The van der Waals surface area contributed by atoms with Gasteiger partial charge in [-0.25, -0.2) is 0 Å². The van der Waals surface area contributed by atoms with Crippen molar-refractivity contribution in [2.45, 2.75) is 0 Å². The Labute approximate surface area is 127 Å². The molecule has 0 aliphatic heterocycles. The molecule has 0 aliphatic rings. The predicted octanol–water partition coefficient (Wildman–Crippen LogP) is 3.50. The van der Waals surface area contributed by atoms with Crippen molar-refractivity contribution in [3.8, 4) is 17.7 Å². The Morgan fingerprint density at radius 2 is 2.00 bits per heavy atom. The van der Waals surface area contributed by atoms with Gasteiger partial charge in [-0.1, -0.05) is 0 Å². The molecule has 3 aromatic rings. The number of aliphatic imine (C=N–C) groups is 1. The highest BCUT2D eigenvalue weighted by molar-refractivity contribution is 6.03. The van der Waals surface area contributed by atoms with Gasteiger partial charge >= 0.3 is 0 Å². The van der Waals surface area contributed by atoms with E-state index in [4.69, 9.17) is 10.00 Å². The first-order valence-corrected chi connectivity index (χ1v) is 6.64. The Bertz CT molecular complexity index is 887. The fourth-order valence-corrected chi connectivity index (χ4v) is 2.20. The van der Waals surface area contributed by atoms with Gasteiger partial charge in [0.15, 0.2) is 5.88 Å². The molecule has 0 bridgehead atoms. The number of aromatic nitrogens is 1. The number of aromatic hydroxyl groups is 1. The van der Waals surface area contributed by atoms with Gasteiger partial charge in [0.25, 0.3) is 0 Å². The van der Waals surface area contributed by atoms with Crippen molar-refractivity contribution in [1.29, 1.82) is 5.26 Å². The zero-order valence-corrected chi connectivity index (χ0v) is 11.9. The highest BCUT2D eigenvalue weighted by atomic mass is 16.5. The van der Waals surface area contributed by atoms with E-state index in [1.807, 2.05) is 18.2 Å². The molecule has 0 fully saturated rings. The summed E-state index contributed by atoms with van der Waals surface area (Å²) in [6, 6.07) is 14.5. The Kier molecular flexibility index (Phi) is 3.50. The second kappa shape index (κ2) is 5.62. The molecule has 1 heterocycles. The van der Waals surface area contributed by atoms with Crippen LogP contribution in [0.1, 0.15) is 11.1 Å². The summed E-state index contributed by atoms with van der Waals surface area (Å²) in [5.74, 6) is 0.764. The minimum atomic E-state index is 0.0562. The zero-order chi connectivity index (χ0) is 15.5. The summed E-state index contributed by atoms with van der Waals surface area (Å²) in [6.07, 6.45) is 1.59. The summed E-state index contributed by atoms with van der Waals surface area (Å²) < 4.78 is 5.20. The minimum Gasteiger partial charge on any atom is -0.497 e. The lowest BCUT2D eigenvalue weighted by molar-refractivity contribution is 0.415. The van der Waals surface area contributed by atoms with Gasteiger partial charge in [-0.05, 0) is 42.5 Å². The summed E-state index contributed by atoms with van der Waals surface area (Å²) in [7, 11) is 1.60. The number of nitriles is 1. The van der Waals surface area contributed by atoms with Gasteiger partial charge in [0.05, 0.1) is 30.0 Å². The molecule has 0 saturated heterocycles. The van der Waals surface area contributed by atoms with Crippen LogP contribution in [-0.2, 0) is 0 Å². The molecule has 0 spiro atoms. The van der Waals surface area contributed by atoms with Crippen LogP contribution in [0.15, 0.2) is 47.5 Å². The van der Waals surface area contributed by atoms with Gasteiger partial charge in [0, 0.05) is 17.1 Å². The van der Waals surface area contributed by atoms with E-state index in [-0.39, 0.29) is 5.88 Å². The predicted molar refractivity (Wildman–Crippen MR) is 84.9 cm³/mol. The number of aromatic amines is 1. The quantitative estimate of drug-likeness (QED) is 0.724. The molecule has 22 heavy (non-hydrogen) atoms. The van der Waals surface area contributed by atoms with Gasteiger partial charge < -0.3 is 14.8 Å². The molecule has 0 amide bonds. The molecule has 1 aromatic heterocycles. The van der Waals surface area contributed by atoms with Crippen molar-refractivity contribution in [3.05, 3.63) is 53.6 Å². The van der Waals surface area contributed by atoms with Crippen LogP contribution in [-0.4, -0.2) is 23.4 Å². The molecule has 0 aliphatic carbocycles. The molecular weight excluding hydrogens is 278 g/mol. The van der Waals surface area contributed by atoms with Crippen LogP contribution in [0.3, 0.4) is 0 Å². The van der Waals surface area contributed by atoms with E-state index in [1.54, 1.807) is 37.6 Å². The maximum atomic E-state index is 10.0. The summed E-state index contributed by atoms with van der Waals surface area (Å²) >= 11 is 0. The molecule has 5 heteroatoms. The third-order valence-corrected chi connectivity index (χ3v) is 3.36. The van der Waals surface area contributed by atoms with Crippen LogP contribution in [0.2, 0.25) is 0 Å². The van der Waals surface area contributed by atoms with Gasteiger partial charge in [0.1, 0.15) is 5.75 Å². The fourth-order valence-electron chi connectivity index (χ4n) is 2.20. The number of nitrogens with zero attached hydrogens (tertiary/aromatic N) is 2. The molecular formula is C17H13N3O2. The van der Waals surface area contributed by atoms with E-state index < -0.39 is 0 Å². The lowest BCUT2D eigenvalue weighted by Crippen LogP contribution is -1.83. The van der Waals surface area contributed by atoms with Crippen LogP contribution in [0.4, 0.5) is 5.69 Å². The summed E-state index contributed by atoms with van der Waals surface area (Å²) in [5.41, 5.74) is 2.69. The first-order valence-electron chi connectivity index (χ1n) is 6.64.